The molecule has 1 saturated heterocycles. The van der Waals surface area contributed by atoms with Crippen molar-refractivity contribution in [1.82, 2.24) is 20.4 Å². The predicted octanol–water partition coefficient (Wildman–Crippen LogP) is 1.81. The van der Waals surface area contributed by atoms with Gasteiger partial charge in [-0.1, -0.05) is 5.16 Å². The van der Waals surface area contributed by atoms with Crippen molar-refractivity contribution < 1.29 is 14.1 Å². The highest BCUT2D eigenvalue weighted by molar-refractivity contribution is 5.92. The van der Waals surface area contributed by atoms with Gasteiger partial charge in [0.05, 0.1) is 18.9 Å². The molecule has 8 heteroatoms. The van der Waals surface area contributed by atoms with E-state index >= 15 is 0 Å². The van der Waals surface area contributed by atoms with E-state index < -0.39 is 0 Å². The van der Waals surface area contributed by atoms with Crippen LogP contribution in [0.1, 0.15) is 59.1 Å². The second-order valence-electron chi connectivity index (χ2n) is 7.59. The van der Waals surface area contributed by atoms with Gasteiger partial charge in [0.2, 0.25) is 5.95 Å². The van der Waals surface area contributed by atoms with Crippen molar-refractivity contribution in [3.8, 4) is 0 Å². The highest BCUT2D eigenvalue weighted by Crippen LogP contribution is 2.40. The molecule has 2 aromatic rings. The van der Waals surface area contributed by atoms with E-state index in [9.17, 15) is 4.79 Å². The molecule has 1 amide bonds. The lowest BCUT2D eigenvalue weighted by Crippen LogP contribution is -2.48. The lowest BCUT2D eigenvalue weighted by atomic mass is 10.1. The van der Waals surface area contributed by atoms with Gasteiger partial charge in [-0.3, -0.25) is 4.79 Å². The maximum absolute atomic E-state index is 12.5. The molecule has 5 rings (SSSR count). The van der Waals surface area contributed by atoms with E-state index in [0.29, 0.717) is 31.4 Å². The maximum atomic E-state index is 12.5. The molecule has 1 aliphatic carbocycles. The number of rotatable bonds is 4. The molecule has 27 heavy (non-hydrogen) atoms. The summed E-state index contributed by atoms with van der Waals surface area (Å²) < 4.78 is 10.7. The summed E-state index contributed by atoms with van der Waals surface area (Å²) in [4.78, 5) is 23.9. The molecule has 2 aliphatic heterocycles. The second-order valence-corrected chi connectivity index (χ2v) is 7.59. The summed E-state index contributed by atoms with van der Waals surface area (Å²) in [7, 11) is 0. The first-order valence-corrected chi connectivity index (χ1v) is 9.71. The van der Waals surface area contributed by atoms with E-state index in [0.717, 1.165) is 61.6 Å². The van der Waals surface area contributed by atoms with Crippen LogP contribution in [0.4, 0.5) is 5.95 Å². The Bertz CT molecular complexity index is 848. The van der Waals surface area contributed by atoms with E-state index in [-0.39, 0.29) is 11.9 Å². The largest absolute Gasteiger partial charge is 0.376 e. The molecule has 2 fully saturated rings. The molecule has 0 spiro atoms. The minimum Gasteiger partial charge on any atom is -0.376 e. The van der Waals surface area contributed by atoms with E-state index in [1.165, 1.54) is 0 Å². The average Bonchev–Trinajstić information content (AvgIpc) is 3.44. The predicted molar refractivity (Wildman–Crippen MR) is 96.6 cm³/mol. The molecule has 1 N–H and O–H groups in total. The molecule has 3 aliphatic rings. The zero-order valence-corrected chi connectivity index (χ0v) is 15.2. The van der Waals surface area contributed by atoms with Gasteiger partial charge in [0.25, 0.3) is 5.91 Å². The molecule has 0 unspecified atom stereocenters. The Labute approximate surface area is 157 Å². The number of hydrogen-bond acceptors (Lipinski definition) is 7. The first kappa shape index (κ1) is 16.7. The third kappa shape index (κ3) is 3.53. The Hall–Kier alpha value is -2.48. The number of carbonyl (C=O) groups excluding carboxylic acids is 1. The summed E-state index contributed by atoms with van der Waals surface area (Å²) in [5.74, 6) is 1.86. The van der Waals surface area contributed by atoms with E-state index in [1.807, 2.05) is 6.20 Å². The fourth-order valence-electron chi connectivity index (χ4n) is 3.76. The topological polar surface area (TPSA) is 93.4 Å². The van der Waals surface area contributed by atoms with Crippen molar-refractivity contribution in [2.45, 2.75) is 50.7 Å². The van der Waals surface area contributed by atoms with Crippen LogP contribution in [0.2, 0.25) is 0 Å². The molecule has 142 valence electrons. The first-order chi connectivity index (χ1) is 13.3. The normalized spacial score (nSPS) is 22.4. The van der Waals surface area contributed by atoms with E-state index in [1.54, 1.807) is 6.07 Å². The van der Waals surface area contributed by atoms with Crippen molar-refractivity contribution in [2.75, 3.05) is 24.6 Å². The molecular weight excluding hydrogens is 346 g/mol. The molecule has 0 radical (unpaired) electrons. The fraction of sp³-hybridized carbons (Fsp3) is 0.579. The molecule has 0 aromatic carbocycles. The van der Waals surface area contributed by atoms with E-state index in [4.69, 9.17) is 14.2 Å². The Morgan fingerprint density at radius 1 is 1.30 bits per heavy atom. The summed E-state index contributed by atoms with van der Waals surface area (Å²) in [6.45, 7) is 2.91. The van der Waals surface area contributed by atoms with Gasteiger partial charge in [-0.2, -0.15) is 0 Å². The number of carbonyl (C=O) groups is 1. The minimum atomic E-state index is -0.166. The van der Waals surface area contributed by atoms with Crippen LogP contribution < -0.4 is 10.2 Å². The number of amides is 1. The summed E-state index contributed by atoms with van der Waals surface area (Å²) in [5.41, 5.74) is 2.52. The van der Waals surface area contributed by atoms with Crippen LogP contribution in [0.15, 0.2) is 16.8 Å². The highest BCUT2D eigenvalue weighted by atomic mass is 16.5. The summed E-state index contributed by atoms with van der Waals surface area (Å²) in [6.07, 6.45) is 6.87. The third-order valence-electron chi connectivity index (χ3n) is 5.46. The van der Waals surface area contributed by atoms with Crippen LogP contribution in [0, 0.1) is 0 Å². The fourth-order valence-corrected chi connectivity index (χ4v) is 3.76. The standard InChI is InChI=1S/C19H23N5O3/c25-18(16-8-17(27-23-16)12-3-4-12)21-14-2-1-6-24(10-14)19-20-9-13-11-26-7-5-15(13)22-19/h8-9,12,14H,1-7,10-11H2,(H,21,25)/t14-/m0/s1. The smallest absolute Gasteiger partial charge is 0.273 e. The second kappa shape index (κ2) is 6.92. The lowest BCUT2D eigenvalue weighted by Gasteiger charge is -2.33. The van der Waals surface area contributed by atoms with Gasteiger partial charge in [-0.15, -0.1) is 0 Å². The van der Waals surface area contributed by atoms with Gasteiger partial charge in [0, 0.05) is 49.3 Å². The number of hydrogen-bond donors (Lipinski definition) is 1. The van der Waals surface area contributed by atoms with E-state index in [2.05, 4.69) is 20.4 Å². The van der Waals surface area contributed by atoms with Gasteiger partial charge in [0.1, 0.15) is 5.76 Å². The van der Waals surface area contributed by atoms with Gasteiger partial charge in [-0.25, -0.2) is 9.97 Å². The minimum absolute atomic E-state index is 0.0512. The summed E-state index contributed by atoms with van der Waals surface area (Å²) in [6, 6.07) is 1.83. The van der Waals surface area contributed by atoms with Crippen molar-refractivity contribution in [1.29, 1.82) is 0 Å². The van der Waals surface area contributed by atoms with Gasteiger partial charge >= 0.3 is 0 Å². The quantitative estimate of drug-likeness (QED) is 0.878. The number of fused-ring (bicyclic) bond motifs is 1. The Balaban J connectivity index is 1.24. The average molecular weight is 369 g/mol. The van der Waals surface area contributed by atoms with Gasteiger partial charge in [-0.05, 0) is 25.7 Å². The van der Waals surface area contributed by atoms with Crippen molar-refractivity contribution in [3.63, 3.8) is 0 Å². The number of piperidine rings is 1. The molecule has 1 saturated carbocycles. The third-order valence-corrected chi connectivity index (χ3v) is 5.46. The van der Waals surface area contributed by atoms with Gasteiger partial charge in [0.15, 0.2) is 5.69 Å². The lowest BCUT2D eigenvalue weighted by molar-refractivity contribution is 0.0923. The number of nitrogens with one attached hydrogen (secondary N) is 1. The number of ether oxygens (including phenoxy) is 1. The molecule has 8 nitrogen and oxygen atoms in total. The zero-order valence-electron chi connectivity index (χ0n) is 15.2. The molecule has 4 heterocycles. The monoisotopic (exact) mass is 369 g/mol. The van der Waals surface area contributed by atoms with Crippen molar-refractivity contribution in [3.05, 3.63) is 35.0 Å². The number of aromatic nitrogens is 3. The molecule has 0 bridgehead atoms. The van der Waals surface area contributed by atoms with Crippen LogP contribution in [0.5, 0.6) is 0 Å². The van der Waals surface area contributed by atoms with Crippen LogP contribution in [-0.4, -0.2) is 46.8 Å². The number of anilines is 1. The summed E-state index contributed by atoms with van der Waals surface area (Å²) in [5, 5.41) is 7.02. The molecular formula is C19H23N5O3. The molecule has 2 aromatic heterocycles. The van der Waals surface area contributed by atoms with Crippen molar-refractivity contribution in [2.24, 2.45) is 0 Å². The van der Waals surface area contributed by atoms with Crippen LogP contribution in [0.25, 0.3) is 0 Å². The SMILES string of the molecule is O=C(N[C@H]1CCCN(c2ncc3c(n2)CCOC3)C1)c1cc(C2CC2)on1. The van der Waals surface area contributed by atoms with Crippen LogP contribution in [-0.2, 0) is 17.8 Å². The Morgan fingerprint density at radius 3 is 3.11 bits per heavy atom. The maximum Gasteiger partial charge on any atom is 0.273 e. The first-order valence-electron chi connectivity index (χ1n) is 9.71. The molecule has 1 atom stereocenters. The highest BCUT2D eigenvalue weighted by Gasteiger charge is 2.30. The van der Waals surface area contributed by atoms with Crippen LogP contribution in [0.3, 0.4) is 0 Å². The number of nitrogens with zero attached hydrogens (tertiary/aromatic N) is 4. The zero-order chi connectivity index (χ0) is 18.2. The summed E-state index contributed by atoms with van der Waals surface area (Å²) >= 11 is 0. The van der Waals surface area contributed by atoms with Crippen LogP contribution >= 0.6 is 0 Å². The Morgan fingerprint density at radius 2 is 2.22 bits per heavy atom. The Kier molecular flexibility index (Phi) is 4.27. The van der Waals surface area contributed by atoms with Crippen molar-refractivity contribution >= 4 is 11.9 Å². The van der Waals surface area contributed by atoms with Gasteiger partial charge < -0.3 is 19.5 Å².